The lowest BCUT2D eigenvalue weighted by Gasteiger charge is -2.47. The summed E-state index contributed by atoms with van der Waals surface area (Å²) in [5, 5.41) is 0.299. The molecule has 125 heavy (non-hydrogen) atoms. The maximum absolute atomic E-state index is 15.4. The van der Waals surface area contributed by atoms with E-state index >= 15 is 4.79 Å². The molecule has 0 aliphatic carbocycles. The Hall–Kier alpha value is -2.95. The summed E-state index contributed by atoms with van der Waals surface area (Å²) in [5.74, 6) is 0.151. The molecule has 1 aromatic rings. The van der Waals surface area contributed by atoms with Gasteiger partial charge in [0, 0.05) is 82.8 Å². The first kappa shape index (κ1) is 93.8. The lowest BCUT2D eigenvalue weighted by atomic mass is 9.70. The predicted molar refractivity (Wildman–Crippen MR) is 477 cm³/mol. The van der Waals surface area contributed by atoms with Crippen LogP contribution in [0.15, 0.2) is 78.9 Å². The van der Waals surface area contributed by atoms with Gasteiger partial charge in [-0.1, -0.05) is 140 Å². The molecule has 24 bridgehead atoms. The zero-order valence-electron chi connectivity index (χ0n) is 78.1. The van der Waals surface area contributed by atoms with Crippen molar-refractivity contribution in [2.75, 3.05) is 13.2 Å². The van der Waals surface area contributed by atoms with E-state index in [1.54, 1.807) is 0 Å². The Morgan fingerprint density at radius 2 is 0.840 bits per heavy atom. The summed E-state index contributed by atoms with van der Waals surface area (Å²) in [7, 11) is -3.81. The first-order valence-corrected chi connectivity index (χ1v) is 55.4. The van der Waals surface area contributed by atoms with Gasteiger partial charge in [-0.05, 0) is 208 Å². The fourth-order valence-corrected chi connectivity index (χ4v) is 27.3. The number of benzene rings is 1. The van der Waals surface area contributed by atoms with Crippen molar-refractivity contribution < 1.29 is 103 Å². The van der Waals surface area contributed by atoms with Crippen molar-refractivity contribution in [1.82, 2.24) is 0 Å². The Kier molecular flexibility index (Phi) is 28.1. The fourth-order valence-electron chi connectivity index (χ4n) is 25.1. The number of hydrogen-bond donors (Lipinski definition) is 0. The smallest absolute Gasteiger partial charge is 0.335 e. The fraction of sp³-hybridized carbons (Fsp3) is 0.840. The minimum absolute atomic E-state index is 0.00312. The van der Waals surface area contributed by atoms with E-state index in [1.807, 2.05) is 6.07 Å². The lowest BCUT2D eigenvalue weighted by molar-refractivity contribution is -0.292. The largest absolute Gasteiger partial charge is 0.417 e. The molecule has 698 valence electrons. The van der Waals surface area contributed by atoms with Gasteiger partial charge >= 0.3 is 11.6 Å². The van der Waals surface area contributed by atoms with Crippen LogP contribution in [0, 0.1) is 47.3 Å². The molecule has 0 amide bonds. The third-order valence-electron chi connectivity index (χ3n) is 34.4. The molecule has 20 heterocycles. The molecular weight excluding hydrogens is 1640 g/mol. The molecule has 20 aliphatic rings. The Morgan fingerprint density at radius 3 is 1.32 bits per heavy atom. The van der Waals surface area contributed by atoms with Crippen LogP contribution in [0.3, 0.4) is 0 Å². The van der Waals surface area contributed by atoms with Crippen LogP contribution in [-0.2, 0) is 106 Å². The van der Waals surface area contributed by atoms with Gasteiger partial charge in [0.05, 0.1) is 110 Å². The number of Topliss-reactive ketones (excluding diaryl/α,β-unsaturated/α-hetero) is 2. The summed E-state index contributed by atoms with van der Waals surface area (Å²) < 4.78 is 141. The van der Waals surface area contributed by atoms with E-state index in [1.165, 1.54) is 11.1 Å². The quantitative estimate of drug-likeness (QED) is 0.148. The van der Waals surface area contributed by atoms with Gasteiger partial charge in [0.25, 0.3) is 0 Å². The molecule has 20 aliphatic heterocycles. The molecular formula is C100H152O22SSi2. The van der Waals surface area contributed by atoms with E-state index in [4.69, 9.17) is 93.1 Å². The van der Waals surface area contributed by atoms with Crippen LogP contribution in [0.1, 0.15) is 255 Å². The molecule has 20 fully saturated rings. The van der Waals surface area contributed by atoms with Gasteiger partial charge in [-0.25, -0.2) is 0 Å². The minimum atomic E-state index is -1.93. The SMILES string of the molecule is C=C1C[C@@H]2CC[C@@]34CC5OC6[C@@H](O3)[C@H]3O[C@H](CC[C@@H]3O[C@H]6[C@H]5O4)CC(=O)C(c3ccccc3)[C@@H]3[C@@H](C)[C@@H](C[C@H](C)CO[Si](C)(C)C(C)(C)C)O[C@H]3CC3O[C@@H](CCC1O2)C[C@@H](C)C3=C.C=C1C[C@@H]2CC[C@@]34CC5OC6[C@@H](O3)[C@H]3O[C@H](CC[C@@H]3O[C@H]6[C@H]5O4)CC(=O)C[C@@H]3[C@@H](C)[C@@H](C[C@H](C)CO[Si](C)(C)C(C)(C)C)O[C@H]3CC3O[C@@H](CCC1O2)C[C@@H](C)C3=C.O=S=O. The Morgan fingerprint density at radius 1 is 0.432 bits per heavy atom. The topological polar surface area (TPSA) is 234 Å². The summed E-state index contributed by atoms with van der Waals surface area (Å²) in [5.41, 5.74) is 5.67. The van der Waals surface area contributed by atoms with Crippen molar-refractivity contribution in [3.05, 3.63) is 84.5 Å². The number of hydrogen-bond acceptors (Lipinski definition) is 22. The van der Waals surface area contributed by atoms with Crippen LogP contribution in [-0.4, -0.2) is 232 Å². The van der Waals surface area contributed by atoms with Gasteiger partial charge in [0.15, 0.2) is 28.2 Å². The summed E-state index contributed by atoms with van der Waals surface area (Å²) in [6.45, 7) is 56.5. The van der Waals surface area contributed by atoms with Crippen molar-refractivity contribution >= 4 is 39.8 Å². The van der Waals surface area contributed by atoms with E-state index in [9.17, 15) is 4.79 Å². The maximum atomic E-state index is 15.4. The Bertz CT molecular complexity index is 4050. The number of carbonyl (C=O) groups excluding carboxylic acids is 2. The second-order valence-corrected chi connectivity index (χ2v) is 55.1. The van der Waals surface area contributed by atoms with Gasteiger partial charge in [-0.3, -0.25) is 9.59 Å². The zero-order chi connectivity index (χ0) is 88.5. The van der Waals surface area contributed by atoms with Crippen LogP contribution < -0.4 is 0 Å². The summed E-state index contributed by atoms with van der Waals surface area (Å²) in [6.07, 6.45) is 15.6. The molecule has 39 atom stereocenters. The van der Waals surface area contributed by atoms with E-state index in [0.29, 0.717) is 75.2 Å². The molecule has 20 saturated heterocycles. The molecule has 25 heteroatoms. The van der Waals surface area contributed by atoms with Crippen LogP contribution in [0.25, 0.3) is 0 Å². The summed E-state index contributed by atoms with van der Waals surface area (Å²) in [4.78, 5) is 29.7. The third-order valence-corrected chi connectivity index (χ3v) is 43.4. The van der Waals surface area contributed by atoms with E-state index in [-0.39, 0.29) is 222 Å². The highest BCUT2D eigenvalue weighted by Gasteiger charge is 2.71. The number of ketones is 2. The summed E-state index contributed by atoms with van der Waals surface area (Å²) in [6, 6.07) is 10.5. The maximum Gasteiger partial charge on any atom is 0.335 e. The molecule has 0 radical (unpaired) electrons. The number of ether oxygens (including phenoxy) is 16. The predicted octanol–water partition coefficient (Wildman–Crippen LogP) is 17.5. The van der Waals surface area contributed by atoms with E-state index in [0.717, 1.165) is 139 Å². The first-order valence-electron chi connectivity index (χ1n) is 48.9. The van der Waals surface area contributed by atoms with Crippen molar-refractivity contribution in [3.8, 4) is 0 Å². The standard InChI is InChI=1S/C53H78O10Si.C47H74O10Si.O2S/c1-29(28-55-64(9,10)52(6,7)8)22-41-33(5)45-43(59-41)26-42-32(4)30(2)23-35(57-42)16-18-39-31(3)24-37(56-39)20-21-53-27-44-48(62-53)49-50(61-44)51(63-53)47-40(60-49)19-17-36(58-47)25-38(54)46(45)34-14-12-11-13-15-34;1-25(24-49-58(9,10)46(6,7)8)17-37-29(5)34-21-30(48)20-32-12-14-36-41(52-32)45-44-43(54-36)42-40(55-44)23-47(56-42,57-45)16-15-33-19-27(3)35(50-33)13-11-31-18-26(2)28(4)38(51-31)22-39(34)53-37;1-3-2/h11-15,29-30,33,35-37,39-51H,3-4,16-28H2,1-2,5-10H3;25-26,29,31-45H,3-4,11-24H2,1-2,5-10H3;/t29-,30+,33-,35-,36+,37-,39?,40-,41+,42?,43-,44?,45+,46?,47-,48-,49-,50?,51-,53-;25-,26+,29+,31-,32+,33-,34+,35?,36-,37+,38?,39-,40?,41-,42-,43-,44?,45-,47-;/m00./s1. The monoisotopic (exact) mass is 1790 g/mol. The van der Waals surface area contributed by atoms with Gasteiger partial charge in [-0.2, -0.15) is 8.42 Å². The van der Waals surface area contributed by atoms with Crippen LogP contribution in [0.2, 0.25) is 36.3 Å². The van der Waals surface area contributed by atoms with Crippen molar-refractivity contribution in [1.29, 1.82) is 0 Å². The molecule has 21 rings (SSSR count). The van der Waals surface area contributed by atoms with Gasteiger partial charge < -0.3 is 84.6 Å². The van der Waals surface area contributed by atoms with Crippen LogP contribution in [0.4, 0.5) is 0 Å². The molecule has 0 N–H and O–H groups in total. The molecule has 9 unspecified atom stereocenters. The zero-order valence-corrected chi connectivity index (χ0v) is 80.9. The molecule has 1 aromatic carbocycles. The second kappa shape index (κ2) is 37.4. The Labute approximate surface area is 751 Å². The molecule has 22 nitrogen and oxygen atoms in total. The average Bonchev–Trinajstić information content (AvgIpc) is 1.55. The summed E-state index contributed by atoms with van der Waals surface area (Å²) >= 11 is -0.750. The molecule has 0 saturated carbocycles. The van der Waals surface area contributed by atoms with Gasteiger partial charge in [-0.15, -0.1) is 0 Å². The number of carbonyl (C=O) groups is 2. The second-order valence-electron chi connectivity index (χ2n) is 45.3. The molecule has 0 aromatic heterocycles. The normalized spacial score (nSPS) is 46.5. The third kappa shape index (κ3) is 19.4. The van der Waals surface area contributed by atoms with E-state index < -0.39 is 39.8 Å². The van der Waals surface area contributed by atoms with Crippen molar-refractivity contribution in [2.24, 2.45) is 47.3 Å². The van der Waals surface area contributed by atoms with Crippen LogP contribution in [0.5, 0.6) is 0 Å². The van der Waals surface area contributed by atoms with E-state index in [2.05, 4.69) is 160 Å². The highest BCUT2D eigenvalue weighted by Crippen LogP contribution is 2.59. The molecule has 2 spiro atoms. The lowest BCUT2D eigenvalue weighted by Crippen LogP contribution is -2.61. The average molecular weight is 1790 g/mol. The minimum Gasteiger partial charge on any atom is -0.417 e. The number of rotatable bonds is 11. The van der Waals surface area contributed by atoms with Crippen molar-refractivity contribution in [2.45, 2.75) is 468 Å². The highest BCUT2D eigenvalue weighted by molar-refractivity contribution is 7.51. The Balaban J connectivity index is 0.000000172. The van der Waals surface area contributed by atoms with Gasteiger partial charge in [0.2, 0.25) is 0 Å². The number of fused-ring (bicyclic) bond motifs is 12. The van der Waals surface area contributed by atoms with Crippen LogP contribution >= 0.6 is 0 Å². The van der Waals surface area contributed by atoms with Gasteiger partial charge in [0.1, 0.15) is 72.6 Å². The highest BCUT2D eigenvalue weighted by atomic mass is 32.1. The van der Waals surface area contributed by atoms with Crippen molar-refractivity contribution in [3.63, 3.8) is 0 Å². The first-order chi connectivity index (χ1) is 59.3.